The molecule has 0 bridgehead atoms. The maximum atomic E-state index is 11.8. The first kappa shape index (κ1) is 16.1. The Morgan fingerprint density at radius 2 is 2.04 bits per heavy atom. The van der Waals surface area contributed by atoms with Crippen molar-refractivity contribution >= 4 is 10.0 Å². The summed E-state index contributed by atoms with van der Waals surface area (Å²) in [6.45, 7) is 1.59. The molecule has 0 aliphatic carbocycles. The lowest BCUT2D eigenvalue weighted by atomic mass is 10.2. The van der Waals surface area contributed by atoms with Crippen LogP contribution in [0.4, 0.5) is 0 Å². The molecule has 1 aliphatic heterocycles. The van der Waals surface area contributed by atoms with Crippen molar-refractivity contribution in [1.29, 1.82) is 0 Å². The van der Waals surface area contributed by atoms with Crippen molar-refractivity contribution in [3.05, 3.63) is 42.5 Å². The number of hydrogen-bond donors (Lipinski definition) is 1. The Balaban J connectivity index is 1.76. The minimum absolute atomic E-state index is 0.0493. The molecule has 3 heterocycles. The highest BCUT2D eigenvalue weighted by molar-refractivity contribution is 7.89. The summed E-state index contributed by atoms with van der Waals surface area (Å²) >= 11 is 0. The van der Waals surface area contributed by atoms with Gasteiger partial charge < -0.3 is 0 Å². The monoisotopic (exact) mass is 335 g/mol. The van der Waals surface area contributed by atoms with Gasteiger partial charge in [-0.3, -0.25) is 9.88 Å². The standard InChI is InChI=1S/C15H21N5O2S/c1-16-23(21,22)12-15-3-2-10-19(15)11-14-6-9-18-20(14)13-4-7-17-8-5-13/h4-9,15-16H,2-3,10-12H2,1H3. The predicted molar refractivity (Wildman–Crippen MR) is 87.6 cm³/mol. The molecule has 7 nitrogen and oxygen atoms in total. The molecule has 1 fully saturated rings. The number of pyridine rings is 1. The van der Waals surface area contributed by atoms with Gasteiger partial charge in [0.2, 0.25) is 10.0 Å². The van der Waals surface area contributed by atoms with Crippen molar-refractivity contribution in [3.8, 4) is 5.69 Å². The van der Waals surface area contributed by atoms with Gasteiger partial charge in [-0.1, -0.05) is 0 Å². The molecule has 1 unspecified atom stereocenters. The number of aromatic nitrogens is 3. The summed E-state index contributed by atoms with van der Waals surface area (Å²) in [5, 5.41) is 4.38. The summed E-state index contributed by atoms with van der Waals surface area (Å²) in [4.78, 5) is 6.25. The molecule has 2 aromatic heterocycles. The third-order valence-corrected chi connectivity index (χ3v) is 5.66. The van der Waals surface area contributed by atoms with E-state index in [1.165, 1.54) is 7.05 Å². The van der Waals surface area contributed by atoms with E-state index in [0.717, 1.165) is 30.8 Å². The fraction of sp³-hybridized carbons (Fsp3) is 0.467. The van der Waals surface area contributed by atoms with E-state index in [1.807, 2.05) is 22.9 Å². The van der Waals surface area contributed by atoms with Gasteiger partial charge in [-0.2, -0.15) is 5.10 Å². The van der Waals surface area contributed by atoms with Gasteiger partial charge in [0.25, 0.3) is 0 Å². The van der Waals surface area contributed by atoms with E-state index in [9.17, 15) is 8.42 Å². The van der Waals surface area contributed by atoms with Gasteiger partial charge in [0.1, 0.15) is 0 Å². The highest BCUT2D eigenvalue weighted by atomic mass is 32.2. The summed E-state index contributed by atoms with van der Waals surface area (Å²) in [5.41, 5.74) is 2.00. The van der Waals surface area contributed by atoms with Crippen molar-refractivity contribution in [2.45, 2.75) is 25.4 Å². The van der Waals surface area contributed by atoms with Gasteiger partial charge in [-0.25, -0.2) is 17.8 Å². The fourth-order valence-corrected chi connectivity index (χ4v) is 4.06. The first-order valence-electron chi connectivity index (χ1n) is 7.67. The molecule has 0 radical (unpaired) electrons. The molecule has 23 heavy (non-hydrogen) atoms. The molecular weight excluding hydrogens is 314 g/mol. The van der Waals surface area contributed by atoms with Crippen LogP contribution in [0.1, 0.15) is 18.5 Å². The van der Waals surface area contributed by atoms with Crippen LogP contribution in [0.25, 0.3) is 5.69 Å². The Bertz CT molecular complexity index is 744. The van der Waals surface area contributed by atoms with E-state index in [4.69, 9.17) is 0 Å². The quantitative estimate of drug-likeness (QED) is 0.844. The Labute approximate surface area is 136 Å². The average Bonchev–Trinajstić information content (AvgIpc) is 3.18. The molecule has 1 atom stereocenters. The number of likely N-dealkylation sites (tertiary alicyclic amines) is 1. The van der Waals surface area contributed by atoms with Crippen LogP contribution in [0.5, 0.6) is 0 Å². The van der Waals surface area contributed by atoms with Crippen molar-refractivity contribution < 1.29 is 8.42 Å². The Kier molecular flexibility index (Phi) is 4.74. The van der Waals surface area contributed by atoms with Crippen molar-refractivity contribution in [1.82, 2.24) is 24.4 Å². The molecule has 1 saturated heterocycles. The molecule has 1 N–H and O–H groups in total. The highest BCUT2D eigenvalue weighted by Crippen LogP contribution is 2.22. The number of nitrogens with zero attached hydrogens (tertiary/aromatic N) is 4. The van der Waals surface area contributed by atoms with Crippen LogP contribution in [0, 0.1) is 0 Å². The lowest BCUT2D eigenvalue weighted by molar-refractivity contribution is 0.256. The summed E-state index contributed by atoms with van der Waals surface area (Å²) in [6, 6.07) is 5.84. The van der Waals surface area contributed by atoms with Crippen LogP contribution in [-0.4, -0.2) is 53.5 Å². The summed E-state index contributed by atoms with van der Waals surface area (Å²) in [5.74, 6) is 0.146. The summed E-state index contributed by atoms with van der Waals surface area (Å²) in [6.07, 6.45) is 7.17. The fourth-order valence-electron chi connectivity index (χ4n) is 3.00. The van der Waals surface area contributed by atoms with E-state index in [0.29, 0.717) is 6.54 Å². The largest absolute Gasteiger partial charge is 0.293 e. The van der Waals surface area contributed by atoms with Crippen LogP contribution in [0.2, 0.25) is 0 Å². The van der Waals surface area contributed by atoms with Crippen LogP contribution in [-0.2, 0) is 16.6 Å². The van der Waals surface area contributed by atoms with E-state index >= 15 is 0 Å². The second-order valence-corrected chi connectivity index (χ2v) is 7.66. The Morgan fingerprint density at radius 1 is 1.26 bits per heavy atom. The van der Waals surface area contributed by atoms with Gasteiger partial charge in [0.05, 0.1) is 17.1 Å². The van der Waals surface area contributed by atoms with Crippen LogP contribution in [0.3, 0.4) is 0 Å². The minimum Gasteiger partial charge on any atom is -0.293 e. The molecule has 1 aliphatic rings. The summed E-state index contributed by atoms with van der Waals surface area (Å²) < 4.78 is 27.9. The van der Waals surface area contributed by atoms with E-state index < -0.39 is 10.0 Å². The normalized spacial score (nSPS) is 19.3. The Morgan fingerprint density at radius 3 is 2.78 bits per heavy atom. The van der Waals surface area contributed by atoms with Gasteiger partial charge in [-0.05, 0) is 44.6 Å². The number of hydrogen-bond acceptors (Lipinski definition) is 5. The molecule has 0 amide bonds. The zero-order valence-electron chi connectivity index (χ0n) is 13.1. The van der Waals surface area contributed by atoms with Crippen LogP contribution >= 0.6 is 0 Å². The molecule has 2 aromatic rings. The second kappa shape index (κ2) is 6.77. The van der Waals surface area contributed by atoms with Crippen molar-refractivity contribution in [2.75, 3.05) is 19.3 Å². The van der Waals surface area contributed by atoms with E-state index in [2.05, 4.69) is 19.7 Å². The third-order valence-electron chi connectivity index (χ3n) is 4.22. The average molecular weight is 335 g/mol. The number of nitrogens with one attached hydrogen (secondary N) is 1. The molecule has 3 rings (SSSR count). The SMILES string of the molecule is CNS(=O)(=O)CC1CCCN1Cc1ccnn1-c1ccncc1. The van der Waals surface area contributed by atoms with Gasteiger partial charge in [-0.15, -0.1) is 0 Å². The van der Waals surface area contributed by atoms with Crippen molar-refractivity contribution in [3.63, 3.8) is 0 Å². The minimum atomic E-state index is -3.20. The maximum absolute atomic E-state index is 11.8. The first-order chi connectivity index (χ1) is 11.1. The molecule has 0 saturated carbocycles. The van der Waals surface area contributed by atoms with Crippen LogP contribution < -0.4 is 4.72 Å². The molecule has 0 aromatic carbocycles. The lowest BCUT2D eigenvalue weighted by Crippen LogP contribution is -2.38. The zero-order chi connectivity index (χ0) is 16.3. The third kappa shape index (κ3) is 3.77. The number of sulfonamides is 1. The maximum Gasteiger partial charge on any atom is 0.212 e. The van der Waals surface area contributed by atoms with Gasteiger partial charge >= 0.3 is 0 Å². The summed E-state index contributed by atoms with van der Waals surface area (Å²) in [7, 11) is -1.73. The molecule has 0 spiro atoms. The topological polar surface area (TPSA) is 80.1 Å². The zero-order valence-corrected chi connectivity index (χ0v) is 13.9. The molecule has 8 heteroatoms. The molecule has 124 valence electrons. The van der Waals surface area contributed by atoms with Gasteiger partial charge in [0.15, 0.2) is 0 Å². The molecular formula is C15H21N5O2S. The number of rotatable bonds is 6. The van der Waals surface area contributed by atoms with Crippen molar-refractivity contribution in [2.24, 2.45) is 0 Å². The van der Waals surface area contributed by atoms with E-state index in [1.54, 1.807) is 18.6 Å². The highest BCUT2D eigenvalue weighted by Gasteiger charge is 2.29. The van der Waals surface area contributed by atoms with Gasteiger partial charge in [0, 0.05) is 31.2 Å². The van der Waals surface area contributed by atoms with E-state index in [-0.39, 0.29) is 11.8 Å². The van der Waals surface area contributed by atoms with Crippen LogP contribution in [0.15, 0.2) is 36.8 Å². The Hall–Kier alpha value is -1.77. The first-order valence-corrected chi connectivity index (χ1v) is 9.33. The smallest absolute Gasteiger partial charge is 0.212 e. The lowest BCUT2D eigenvalue weighted by Gasteiger charge is -2.24. The second-order valence-electron chi connectivity index (χ2n) is 5.69. The predicted octanol–water partition coefficient (Wildman–Crippen LogP) is 0.781.